The summed E-state index contributed by atoms with van der Waals surface area (Å²) in [4.78, 5) is 0. The fourth-order valence-electron chi connectivity index (χ4n) is 11.7. The predicted molar refractivity (Wildman–Crippen MR) is 280 cm³/mol. The van der Waals surface area contributed by atoms with Crippen LogP contribution in [0.5, 0.6) is 0 Å². The highest BCUT2D eigenvalue weighted by Gasteiger charge is 2.28. The first-order valence-corrected chi connectivity index (χ1v) is 23.1. The summed E-state index contributed by atoms with van der Waals surface area (Å²) in [6, 6.07) is 77.8. The lowest BCUT2D eigenvalue weighted by Crippen LogP contribution is -2.04. The summed E-state index contributed by atoms with van der Waals surface area (Å²) in [6.07, 6.45) is 6.71. The van der Waals surface area contributed by atoms with Crippen LogP contribution in [-0.4, -0.2) is 4.57 Å². The fraction of sp³-hybridized carbons (Fsp3) is 0.0312. The number of rotatable bonds is 5. The molecule has 2 nitrogen and oxygen atoms in total. The molecule has 2 heteroatoms. The number of benzene rings is 11. The van der Waals surface area contributed by atoms with E-state index >= 15 is 0 Å². The summed E-state index contributed by atoms with van der Waals surface area (Å²) in [5.41, 5.74) is 18.0. The third-order valence-electron chi connectivity index (χ3n) is 14.2. The van der Waals surface area contributed by atoms with Gasteiger partial charge in [0, 0.05) is 32.8 Å². The normalized spacial score (nSPS) is 12.7. The molecular weight excluding hydrogens is 799 g/mol. The lowest BCUT2D eigenvalue weighted by atomic mass is 9.79. The van der Waals surface area contributed by atoms with E-state index in [4.69, 9.17) is 4.42 Å². The smallest absolute Gasteiger partial charge is 0.136 e. The summed E-state index contributed by atoms with van der Waals surface area (Å²) in [5.74, 6) is 0. The molecule has 0 unspecified atom stereocenters. The molecule has 2 heterocycles. The second-order valence-electron chi connectivity index (χ2n) is 17.7. The first-order valence-electron chi connectivity index (χ1n) is 23.1. The number of hydrogen-bond acceptors (Lipinski definition) is 1. The third-order valence-corrected chi connectivity index (χ3v) is 14.2. The molecule has 1 aliphatic rings. The standard InChI is InChI=1S/C64H41NO/c1-3-20-40(21-4-1)58-43-25-7-9-27-45(43)59(46-28-10-8-26-44(46)58)52-34-18-38-56-62(52)63-53(35-19-39-57(63)66-56)60-47-29-11-13-31-49(47)61(50-32-14-12-30-48(50)60)54-36-17-33-51-42-24-15-16-37-55(42)65(64(51)54)41-22-5-2-6-23-41/h1-13,15-31,33-39H,14,32H2. The molecule has 0 N–H and O–H groups in total. The Kier molecular flexibility index (Phi) is 8.14. The van der Waals surface area contributed by atoms with Crippen LogP contribution in [0.1, 0.15) is 17.5 Å². The molecule has 2 aromatic heterocycles. The van der Waals surface area contributed by atoms with Gasteiger partial charge in [-0.05, 0) is 126 Å². The Balaban J connectivity index is 1.09. The summed E-state index contributed by atoms with van der Waals surface area (Å²) in [7, 11) is 0. The maximum absolute atomic E-state index is 6.95. The molecule has 0 spiro atoms. The van der Waals surface area contributed by atoms with Gasteiger partial charge in [0.05, 0.1) is 11.0 Å². The van der Waals surface area contributed by atoms with Crippen molar-refractivity contribution < 1.29 is 4.42 Å². The SMILES string of the molecule is C1=Cc2c(c(-c3cccc4c5ccccc5n(-c5ccccc5)c34)c3ccccc3c2-c2cccc3oc4cccc(-c5c6ccccc6c(-c6ccccc6)c6ccccc56)c4c23)CC1. The van der Waals surface area contributed by atoms with E-state index in [1.165, 1.54) is 110 Å². The molecule has 308 valence electrons. The molecule has 66 heavy (non-hydrogen) atoms. The quantitative estimate of drug-likeness (QED) is 0.158. The summed E-state index contributed by atoms with van der Waals surface area (Å²) >= 11 is 0. The predicted octanol–water partition coefficient (Wildman–Crippen LogP) is 17.8. The minimum atomic E-state index is 0.890. The van der Waals surface area contributed by atoms with Crippen LogP contribution in [0.15, 0.2) is 223 Å². The molecule has 0 bridgehead atoms. The number of aromatic nitrogens is 1. The molecule has 0 saturated heterocycles. The van der Waals surface area contributed by atoms with Crippen molar-refractivity contribution in [1.29, 1.82) is 0 Å². The van der Waals surface area contributed by atoms with E-state index in [0.29, 0.717) is 0 Å². The second kappa shape index (κ2) is 14.5. The van der Waals surface area contributed by atoms with Gasteiger partial charge in [-0.1, -0.05) is 194 Å². The van der Waals surface area contributed by atoms with Crippen molar-refractivity contribution in [3.05, 3.63) is 230 Å². The van der Waals surface area contributed by atoms with Gasteiger partial charge in [0.2, 0.25) is 0 Å². The highest BCUT2D eigenvalue weighted by atomic mass is 16.3. The van der Waals surface area contributed by atoms with E-state index in [0.717, 1.165) is 40.5 Å². The monoisotopic (exact) mass is 839 g/mol. The van der Waals surface area contributed by atoms with Gasteiger partial charge in [-0.25, -0.2) is 0 Å². The Morgan fingerprint density at radius 1 is 0.364 bits per heavy atom. The van der Waals surface area contributed by atoms with E-state index < -0.39 is 0 Å². The van der Waals surface area contributed by atoms with Crippen LogP contribution in [0.25, 0.3) is 132 Å². The van der Waals surface area contributed by atoms with Crippen molar-refractivity contribution in [2.24, 2.45) is 0 Å². The van der Waals surface area contributed by atoms with Crippen molar-refractivity contribution in [2.75, 3.05) is 0 Å². The highest BCUT2D eigenvalue weighted by Crippen LogP contribution is 2.52. The van der Waals surface area contributed by atoms with Crippen molar-refractivity contribution in [3.8, 4) is 50.2 Å². The second-order valence-corrected chi connectivity index (χ2v) is 17.7. The number of allylic oxidation sites excluding steroid dienone is 1. The minimum absolute atomic E-state index is 0.890. The van der Waals surface area contributed by atoms with Gasteiger partial charge >= 0.3 is 0 Å². The number of para-hydroxylation sites is 3. The average molecular weight is 840 g/mol. The Labute approximate surface area is 381 Å². The molecule has 0 atom stereocenters. The van der Waals surface area contributed by atoms with Crippen molar-refractivity contribution in [2.45, 2.75) is 12.8 Å². The van der Waals surface area contributed by atoms with Gasteiger partial charge in [-0.15, -0.1) is 0 Å². The van der Waals surface area contributed by atoms with Gasteiger partial charge < -0.3 is 8.98 Å². The Morgan fingerprint density at radius 3 is 1.50 bits per heavy atom. The highest BCUT2D eigenvalue weighted by molar-refractivity contribution is 6.28. The van der Waals surface area contributed by atoms with Crippen LogP contribution < -0.4 is 0 Å². The maximum Gasteiger partial charge on any atom is 0.136 e. The molecule has 1 aliphatic carbocycles. The average Bonchev–Trinajstić information content (AvgIpc) is 3.94. The van der Waals surface area contributed by atoms with Crippen LogP contribution in [0, 0.1) is 0 Å². The van der Waals surface area contributed by atoms with Gasteiger partial charge in [-0.3, -0.25) is 0 Å². The fourth-order valence-corrected chi connectivity index (χ4v) is 11.7. The zero-order chi connectivity index (χ0) is 43.3. The van der Waals surface area contributed by atoms with Crippen LogP contribution >= 0.6 is 0 Å². The molecule has 0 saturated carbocycles. The number of nitrogens with zero attached hydrogens (tertiary/aromatic N) is 1. The van der Waals surface area contributed by atoms with Crippen LogP contribution in [0.4, 0.5) is 0 Å². The molecule has 14 rings (SSSR count). The Hall–Kier alpha value is -8.46. The first kappa shape index (κ1) is 37.0. The summed E-state index contributed by atoms with van der Waals surface area (Å²) in [5, 5.41) is 12.2. The van der Waals surface area contributed by atoms with E-state index in [1.807, 2.05) is 0 Å². The van der Waals surface area contributed by atoms with Crippen molar-refractivity contribution in [3.63, 3.8) is 0 Å². The largest absolute Gasteiger partial charge is 0.456 e. The van der Waals surface area contributed by atoms with Crippen molar-refractivity contribution in [1.82, 2.24) is 4.57 Å². The molecule has 0 radical (unpaired) electrons. The maximum atomic E-state index is 6.95. The molecule has 11 aromatic carbocycles. The van der Waals surface area contributed by atoms with E-state index in [1.54, 1.807) is 0 Å². The molecule has 0 aliphatic heterocycles. The van der Waals surface area contributed by atoms with Gasteiger partial charge in [0.1, 0.15) is 11.2 Å². The summed E-state index contributed by atoms with van der Waals surface area (Å²) in [6.45, 7) is 0. The number of fused-ring (bicyclic) bond motifs is 10. The van der Waals surface area contributed by atoms with Gasteiger partial charge in [0.25, 0.3) is 0 Å². The first-order chi connectivity index (χ1) is 32.8. The third kappa shape index (κ3) is 5.30. The molecular formula is C64H41NO. The van der Waals surface area contributed by atoms with Crippen LogP contribution in [-0.2, 0) is 6.42 Å². The molecule has 0 amide bonds. The zero-order valence-corrected chi connectivity index (χ0v) is 36.1. The van der Waals surface area contributed by atoms with E-state index in [-0.39, 0.29) is 0 Å². The van der Waals surface area contributed by atoms with Gasteiger partial charge in [-0.2, -0.15) is 0 Å². The van der Waals surface area contributed by atoms with Crippen molar-refractivity contribution >= 4 is 82.1 Å². The summed E-state index contributed by atoms with van der Waals surface area (Å²) < 4.78 is 9.43. The van der Waals surface area contributed by atoms with E-state index in [2.05, 4.69) is 229 Å². The molecule has 0 fully saturated rings. The van der Waals surface area contributed by atoms with Gasteiger partial charge in [0.15, 0.2) is 0 Å². The number of hydrogen-bond donors (Lipinski definition) is 0. The minimum Gasteiger partial charge on any atom is -0.456 e. The zero-order valence-electron chi connectivity index (χ0n) is 36.1. The number of furan rings is 1. The molecule has 13 aromatic rings. The lowest BCUT2D eigenvalue weighted by Gasteiger charge is -2.25. The van der Waals surface area contributed by atoms with E-state index in [9.17, 15) is 0 Å². The topological polar surface area (TPSA) is 18.1 Å². The van der Waals surface area contributed by atoms with Crippen LogP contribution in [0.3, 0.4) is 0 Å². The lowest BCUT2D eigenvalue weighted by molar-refractivity contribution is 0.669. The van der Waals surface area contributed by atoms with Crippen LogP contribution in [0.2, 0.25) is 0 Å². The Morgan fingerprint density at radius 2 is 0.848 bits per heavy atom. The Bertz CT molecular complexity index is 4090.